The highest BCUT2D eigenvalue weighted by Crippen LogP contribution is 2.35. The molecule has 31 heavy (non-hydrogen) atoms. The SMILES string of the molecule is O=c1c(O[C@@H]2O[C@H](CO)[C@@H](O)[C@H](O)[C@H]2O)c(-c2ccc(O)cc2)oc2cccc(O)c12. The summed E-state index contributed by atoms with van der Waals surface area (Å²) in [5.41, 5.74) is -0.381. The molecule has 1 saturated heterocycles. The van der Waals surface area contributed by atoms with Crippen molar-refractivity contribution in [2.45, 2.75) is 30.7 Å². The first-order valence-corrected chi connectivity index (χ1v) is 9.37. The average Bonchev–Trinajstić information content (AvgIpc) is 2.76. The molecule has 1 aliphatic rings. The molecule has 164 valence electrons. The smallest absolute Gasteiger partial charge is 0.239 e. The van der Waals surface area contributed by atoms with Gasteiger partial charge in [-0.2, -0.15) is 0 Å². The summed E-state index contributed by atoms with van der Waals surface area (Å²) >= 11 is 0. The van der Waals surface area contributed by atoms with E-state index in [4.69, 9.17) is 13.9 Å². The van der Waals surface area contributed by atoms with Crippen LogP contribution in [-0.2, 0) is 4.74 Å². The van der Waals surface area contributed by atoms with Gasteiger partial charge in [-0.15, -0.1) is 0 Å². The number of ether oxygens (including phenoxy) is 2. The Morgan fingerprint density at radius 3 is 2.32 bits per heavy atom. The number of rotatable bonds is 4. The van der Waals surface area contributed by atoms with Crippen LogP contribution in [0.5, 0.6) is 17.2 Å². The summed E-state index contributed by atoms with van der Waals surface area (Å²) in [6, 6.07) is 9.89. The topological polar surface area (TPSA) is 170 Å². The minimum absolute atomic E-state index is 0.0269. The molecule has 0 bridgehead atoms. The monoisotopic (exact) mass is 432 g/mol. The number of phenolic OH excluding ortho intramolecular Hbond substituents is 2. The van der Waals surface area contributed by atoms with Crippen LogP contribution in [0.4, 0.5) is 0 Å². The molecule has 0 spiro atoms. The third-order valence-corrected chi connectivity index (χ3v) is 5.07. The van der Waals surface area contributed by atoms with Gasteiger partial charge in [0.2, 0.25) is 17.5 Å². The van der Waals surface area contributed by atoms with E-state index < -0.39 is 48.5 Å². The molecule has 3 aromatic rings. The molecule has 1 fully saturated rings. The van der Waals surface area contributed by atoms with Crippen molar-refractivity contribution in [3.63, 3.8) is 0 Å². The number of aliphatic hydroxyl groups is 4. The van der Waals surface area contributed by atoms with Gasteiger partial charge in [0, 0.05) is 5.56 Å². The van der Waals surface area contributed by atoms with E-state index in [1.165, 1.54) is 42.5 Å². The lowest BCUT2D eigenvalue weighted by Gasteiger charge is -2.39. The zero-order chi connectivity index (χ0) is 22.3. The van der Waals surface area contributed by atoms with Gasteiger partial charge < -0.3 is 44.5 Å². The maximum absolute atomic E-state index is 13.2. The largest absolute Gasteiger partial charge is 0.508 e. The summed E-state index contributed by atoms with van der Waals surface area (Å²) in [4.78, 5) is 13.2. The molecule has 10 nitrogen and oxygen atoms in total. The van der Waals surface area contributed by atoms with Gasteiger partial charge in [-0.3, -0.25) is 4.79 Å². The van der Waals surface area contributed by atoms with Crippen LogP contribution >= 0.6 is 0 Å². The molecule has 4 rings (SSSR count). The molecular weight excluding hydrogens is 412 g/mol. The summed E-state index contributed by atoms with van der Waals surface area (Å²) in [7, 11) is 0. The van der Waals surface area contributed by atoms with Crippen LogP contribution in [0.15, 0.2) is 51.7 Å². The van der Waals surface area contributed by atoms with Gasteiger partial charge >= 0.3 is 0 Å². The van der Waals surface area contributed by atoms with Crippen molar-refractivity contribution in [3.05, 3.63) is 52.7 Å². The van der Waals surface area contributed by atoms with Gasteiger partial charge in [-0.25, -0.2) is 0 Å². The van der Waals surface area contributed by atoms with Crippen LogP contribution in [0.1, 0.15) is 0 Å². The molecule has 0 saturated carbocycles. The minimum atomic E-state index is -1.76. The lowest BCUT2D eigenvalue weighted by molar-refractivity contribution is -0.277. The van der Waals surface area contributed by atoms with Crippen LogP contribution in [0, 0.1) is 0 Å². The summed E-state index contributed by atoms with van der Waals surface area (Å²) in [6.07, 6.45) is -7.97. The lowest BCUT2D eigenvalue weighted by Crippen LogP contribution is -2.60. The molecule has 1 aliphatic heterocycles. The molecule has 0 aliphatic carbocycles. The van der Waals surface area contributed by atoms with E-state index in [-0.39, 0.29) is 28.2 Å². The van der Waals surface area contributed by atoms with Crippen molar-refractivity contribution in [2.75, 3.05) is 6.61 Å². The molecule has 0 radical (unpaired) electrons. The fourth-order valence-electron chi connectivity index (χ4n) is 3.40. The molecule has 2 aromatic carbocycles. The summed E-state index contributed by atoms with van der Waals surface area (Å²) in [5.74, 6) is -0.910. The van der Waals surface area contributed by atoms with Crippen molar-refractivity contribution in [2.24, 2.45) is 0 Å². The molecule has 2 heterocycles. The van der Waals surface area contributed by atoms with Crippen molar-refractivity contribution < 1.29 is 44.5 Å². The Morgan fingerprint density at radius 1 is 0.935 bits per heavy atom. The predicted octanol–water partition coefficient (Wildman–Crippen LogP) is 0.0499. The van der Waals surface area contributed by atoms with Gasteiger partial charge in [-0.1, -0.05) is 6.07 Å². The predicted molar refractivity (Wildman–Crippen MR) is 106 cm³/mol. The van der Waals surface area contributed by atoms with Gasteiger partial charge in [0.25, 0.3) is 0 Å². The summed E-state index contributed by atoms with van der Waals surface area (Å²) in [6.45, 7) is -0.678. The second-order valence-electron chi connectivity index (χ2n) is 7.10. The van der Waals surface area contributed by atoms with E-state index in [2.05, 4.69) is 0 Å². The standard InChI is InChI=1S/C21H20O10/c22-8-13-15(25)17(27)18(28)21(30-13)31-20-16(26)14-11(24)2-1-3-12(14)29-19(20)9-4-6-10(23)7-5-9/h1-7,13,15,17-18,21-25,27-28H,8H2/t13-,15-,17+,18-,21+/m1/s1. The van der Waals surface area contributed by atoms with Crippen LogP contribution < -0.4 is 10.2 Å². The maximum atomic E-state index is 13.2. The van der Waals surface area contributed by atoms with Crippen molar-refractivity contribution in [3.8, 4) is 28.6 Å². The zero-order valence-electron chi connectivity index (χ0n) is 16.0. The number of hydrogen-bond donors (Lipinski definition) is 6. The van der Waals surface area contributed by atoms with Gasteiger partial charge in [-0.05, 0) is 36.4 Å². The van der Waals surface area contributed by atoms with Gasteiger partial charge in [0.05, 0.1) is 6.61 Å². The number of aromatic hydroxyl groups is 2. The first-order chi connectivity index (χ1) is 14.8. The highest BCUT2D eigenvalue weighted by molar-refractivity contribution is 5.87. The first kappa shape index (κ1) is 21.1. The summed E-state index contributed by atoms with van der Waals surface area (Å²) < 4.78 is 16.7. The molecular formula is C21H20O10. The Balaban J connectivity index is 1.86. The van der Waals surface area contributed by atoms with Crippen molar-refractivity contribution in [1.29, 1.82) is 0 Å². The Hall–Kier alpha value is -3.15. The first-order valence-electron chi connectivity index (χ1n) is 9.37. The highest BCUT2D eigenvalue weighted by atomic mass is 16.7. The fourth-order valence-corrected chi connectivity index (χ4v) is 3.40. The molecule has 10 heteroatoms. The molecule has 0 amide bonds. The Kier molecular flexibility index (Phi) is 5.56. The molecule has 6 N–H and O–H groups in total. The van der Waals surface area contributed by atoms with Crippen LogP contribution in [-0.4, -0.2) is 68.0 Å². The quantitative estimate of drug-likeness (QED) is 0.331. The normalized spacial score (nSPS) is 26.1. The van der Waals surface area contributed by atoms with Crippen LogP contribution in [0.2, 0.25) is 0 Å². The van der Waals surface area contributed by atoms with E-state index in [0.29, 0.717) is 5.56 Å². The second kappa shape index (κ2) is 8.17. The van der Waals surface area contributed by atoms with E-state index in [9.17, 15) is 35.4 Å². The Morgan fingerprint density at radius 2 is 1.65 bits per heavy atom. The lowest BCUT2D eigenvalue weighted by atomic mass is 9.99. The third-order valence-electron chi connectivity index (χ3n) is 5.07. The van der Waals surface area contributed by atoms with Crippen LogP contribution in [0.25, 0.3) is 22.3 Å². The van der Waals surface area contributed by atoms with E-state index >= 15 is 0 Å². The number of benzene rings is 2. The minimum Gasteiger partial charge on any atom is -0.508 e. The van der Waals surface area contributed by atoms with E-state index in [1.54, 1.807) is 0 Å². The molecule has 0 unspecified atom stereocenters. The third kappa shape index (κ3) is 3.71. The highest BCUT2D eigenvalue weighted by Gasteiger charge is 2.45. The molecule has 1 aromatic heterocycles. The fraction of sp³-hybridized carbons (Fsp3) is 0.286. The maximum Gasteiger partial charge on any atom is 0.239 e. The second-order valence-corrected chi connectivity index (χ2v) is 7.10. The number of fused-ring (bicyclic) bond motifs is 1. The van der Waals surface area contributed by atoms with Crippen LogP contribution in [0.3, 0.4) is 0 Å². The Bertz CT molecular complexity index is 1140. The number of hydrogen-bond acceptors (Lipinski definition) is 10. The average molecular weight is 432 g/mol. The van der Waals surface area contributed by atoms with Crippen molar-refractivity contribution in [1.82, 2.24) is 0 Å². The molecule has 5 atom stereocenters. The van der Waals surface area contributed by atoms with E-state index in [1.807, 2.05) is 0 Å². The van der Waals surface area contributed by atoms with Gasteiger partial charge in [0.15, 0.2) is 5.76 Å². The zero-order valence-corrected chi connectivity index (χ0v) is 16.0. The number of aliphatic hydroxyl groups excluding tert-OH is 4. The number of phenols is 2. The Labute approximate surface area is 174 Å². The van der Waals surface area contributed by atoms with E-state index in [0.717, 1.165) is 0 Å². The van der Waals surface area contributed by atoms with Gasteiger partial charge in [0.1, 0.15) is 46.9 Å². The van der Waals surface area contributed by atoms with Crippen molar-refractivity contribution >= 4 is 11.0 Å². The summed E-state index contributed by atoms with van der Waals surface area (Å²) in [5, 5.41) is 59.1.